The number of aliphatic imine (C=N–C) groups is 1. The van der Waals surface area contributed by atoms with Crippen LogP contribution in [0.15, 0.2) is 35.3 Å². The smallest absolute Gasteiger partial charge is 0.337 e. The first-order chi connectivity index (χ1) is 10.6. The quantitative estimate of drug-likeness (QED) is 0.748. The third kappa shape index (κ3) is 3.44. The lowest BCUT2D eigenvalue weighted by Gasteiger charge is -2.20. The Morgan fingerprint density at radius 1 is 1.32 bits per heavy atom. The molecule has 6 heteroatoms. The second kappa shape index (κ2) is 7.06. The molecule has 0 fully saturated rings. The minimum atomic E-state index is -1.19. The fourth-order valence-electron chi connectivity index (χ4n) is 2.24. The number of carbonyl (C=O) groups is 2. The van der Waals surface area contributed by atoms with Crippen LogP contribution in [0.2, 0.25) is 0 Å². The van der Waals surface area contributed by atoms with Crippen LogP contribution in [0.1, 0.15) is 25.3 Å². The topological polar surface area (TPSA) is 74.2 Å². The van der Waals surface area contributed by atoms with Gasteiger partial charge in [-0.2, -0.15) is 0 Å². The van der Waals surface area contributed by atoms with Gasteiger partial charge in [-0.15, -0.1) is 0 Å². The Hall–Kier alpha value is -2.37. The van der Waals surface area contributed by atoms with Crippen molar-refractivity contribution in [3.63, 3.8) is 0 Å². The molecule has 0 unspecified atom stereocenters. The number of nitrogens with zero attached hydrogens (tertiary/aromatic N) is 1. The maximum atomic E-state index is 12.1. The van der Waals surface area contributed by atoms with Gasteiger partial charge in [0.15, 0.2) is 5.54 Å². The van der Waals surface area contributed by atoms with Crippen molar-refractivity contribution in [2.75, 3.05) is 20.3 Å². The fourth-order valence-corrected chi connectivity index (χ4v) is 2.24. The highest BCUT2D eigenvalue weighted by Crippen LogP contribution is 2.28. The van der Waals surface area contributed by atoms with E-state index in [-0.39, 0.29) is 25.4 Å². The molecule has 1 aliphatic rings. The summed E-state index contributed by atoms with van der Waals surface area (Å²) in [5.41, 5.74) is -0.406. The first kappa shape index (κ1) is 16.0. The number of benzene rings is 1. The van der Waals surface area contributed by atoms with Crippen LogP contribution < -0.4 is 0 Å². The van der Waals surface area contributed by atoms with Crippen molar-refractivity contribution in [1.29, 1.82) is 0 Å². The summed E-state index contributed by atoms with van der Waals surface area (Å²) in [4.78, 5) is 28.1. The summed E-state index contributed by atoms with van der Waals surface area (Å²) >= 11 is 0. The van der Waals surface area contributed by atoms with Crippen molar-refractivity contribution in [1.82, 2.24) is 0 Å². The van der Waals surface area contributed by atoms with E-state index in [9.17, 15) is 9.59 Å². The second-order valence-electron chi connectivity index (χ2n) is 4.90. The van der Waals surface area contributed by atoms with Crippen LogP contribution in [0.5, 0.6) is 0 Å². The lowest BCUT2D eigenvalue weighted by Crippen LogP contribution is -2.40. The number of hydrogen-bond donors (Lipinski definition) is 0. The van der Waals surface area contributed by atoms with Gasteiger partial charge in [-0.1, -0.05) is 18.2 Å². The number of ether oxygens (including phenoxy) is 3. The largest absolute Gasteiger partial charge is 0.474 e. The van der Waals surface area contributed by atoms with Crippen molar-refractivity contribution in [3.8, 4) is 0 Å². The molecule has 1 aromatic rings. The van der Waals surface area contributed by atoms with Gasteiger partial charge in [0.25, 0.3) is 0 Å². The molecule has 0 saturated carbocycles. The van der Waals surface area contributed by atoms with Gasteiger partial charge in [-0.25, -0.2) is 9.79 Å². The lowest BCUT2D eigenvalue weighted by molar-refractivity contribution is -0.149. The zero-order valence-electron chi connectivity index (χ0n) is 12.7. The number of carbonyl (C=O) groups excluding carboxylic acids is 2. The van der Waals surface area contributed by atoms with E-state index in [1.807, 2.05) is 30.3 Å². The Labute approximate surface area is 129 Å². The summed E-state index contributed by atoms with van der Waals surface area (Å²) in [7, 11) is 1.30. The molecule has 0 aliphatic carbocycles. The van der Waals surface area contributed by atoms with Gasteiger partial charge in [-0.3, -0.25) is 4.79 Å². The van der Waals surface area contributed by atoms with Gasteiger partial charge in [0.2, 0.25) is 5.90 Å². The van der Waals surface area contributed by atoms with Gasteiger partial charge >= 0.3 is 11.9 Å². The van der Waals surface area contributed by atoms with Gasteiger partial charge in [0.1, 0.15) is 6.61 Å². The Morgan fingerprint density at radius 3 is 2.68 bits per heavy atom. The Bertz CT molecular complexity index is 569. The molecule has 0 radical (unpaired) electrons. The lowest BCUT2D eigenvalue weighted by atomic mass is 9.95. The van der Waals surface area contributed by atoms with Crippen LogP contribution in [0.3, 0.4) is 0 Å². The first-order valence-corrected chi connectivity index (χ1v) is 7.13. The molecule has 6 nitrogen and oxygen atoms in total. The maximum Gasteiger partial charge on any atom is 0.337 e. The SMILES string of the molecule is CCOC(=O)CC[C@@]1(C(=O)OC)COC(c2ccccc2)=N1. The average Bonchev–Trinajstić information content (AvgIpc) is 2.99. The molecule has 118 valence electrons. The third-order valence-electron chi connectivity index (χ3n) is 3.40. The number of methoxy groups -OCH3 is 1. The van der Waals surface area contributed by atoms with Crippen LogP contribution >= 0.6 is 0 Å². The summed E-state index contributed by atoms with van der Waals surface area (Å²) in [5, 5.41) is 0. The van der Waals surface area contributed by atoms with E-state index in [4.69, 9.17) is 14.2 Å². The summed E-state index contributed by atoms with van der Waals surface area (Å²) in [6, 6.07) is 9.29. The summed E-state index contributed by atoms with van der Waals surface area (Å²) in [5.74, 6) is -0.494. The van der Waals surface area contributed by atoms with Gasteiger partial charge in [0, 0.05) is 12.0 Å². The Morgan fingerprint density at radius 2 is 2.05 bits per heavy atom. The molecule has 0 aromatic heterocycles. The van der Waals surface area contributed by atoms with Crippen LogP contribution in [-0.2, 0) is 23.8 Å². The van der Waals surface area contributed by atoms with Crippen LogP contribution in [-0.4, -0.2) is 43.7 Å². The summed E-state index contributed by atoms with van der Waals surface area (Å²) in [6.45, 7) is 2.10. The van der Waals surface area contributed by atoms with Crippen molar-refractivity contribution < 1.29 is 23.8 Å². The van der Waals surface area contributed by atoms with Crippen LogP contribution in [0.25, 0.3) is 0 Å². The molecular weight excluding hydrogens is 286 g/mol. The van der Waals surface area contributed by atoms with E-state index in [2.05, 4.69) is 4.99 Å². The van der Waals surface area contributed by atoms with Crippen molar-refractivity contribution in [2.24, 2.45) is 4.99 Å². The highest BCUT2D eigenvalue weighted by molar-refractivity contribution is 5.99. The average molecular weight is 305 g/mol. The fraction of sp³-hybridized carbons (Fsp3) is 0.438. The Balaban J connectivity index is 2.19. The summed E-state index contributed by atoms with van der Waals surface area (Å²) in [6.07, 6.45) is 0.271. The van der Waals surface area contributed by atoms with E-state index in [0.717, 1.165) is 5.56 Å². The van der Waals surface area contributed by atoms with Crippen LogP contribution in [0, 0.1) is 0 Å². The van der Waals surface area contributed by atoms with Gasteiger partial charge in [-0.05, 0) is 25.5 Å². The molecule has 22 heavy (non-hydrogen) atoms. The van der Waals surface area contributed by atoms with E-state index < -0.39 is 11.5 Å². The molecule has 1 aromatic carbocycles. The van der Waals surface area contributed by atoms with E-state index >= 15 is 0 Å². The maximum absolute atomic E-state index is 12.1. The summed E-state index contributed by atoms with van der Waals surface area (Å²) < 4.78 is 15.3. The second-order valence-corrected chi connectivity index (χ2v) is 4.90. The zero-order chi connectivity index (χ0) is 16.0. The highest BCUT2D eigenvalue weighted by Gasteiger charge is 2.45. The van der Waals surface area contributed by atoms with E-state index in [1.165, 1.54) is 7.11 Å². The van der Waals surface area contributed by atoms with E-state index in [0.29, 0.717) is 12.5 Å². The Kier molecular flexibility index (Phi) is 5.14. The van der Waals surface area contributed by atoms with Crippen molar-refractivity contribution >= 4 is 17.8 Å². The first-order valence-electron chi connectivity index (χ1n) is 7.13. The standard InChI is InChI=1S/C16H19NO5/c1-3-21-13(18)9-10-16(15(19)20-2)11-22-14(17-16)12-7-5-4-6-8-12/h4-8H,3,9-11H2,1-2H3/t16-/m0/s1. The zero-order valence-corrected chi connectivity index (χ0v) is 12.7. The predicted molar refractivity (Wildman–Crippen MR) is 79.5 cm³/mol. The molecule has 0 spiro atoms. The molecular formula is C16H19NO5. The van der Waals surface area contributed by atoms with Crippen LogP contribution in [0.4, 0.5) is 0 Å². The normalized spacial score (nSPS) is 20.0. The monoisotopic (exact) mass is 305 g/mol. The number of rotatable bonds is 6. The molecule has 0 saturated heterocycles. The molecule has 2 rings (SSSR count). The molecule has 1 atom stereocenters. The minimum absolute atomic E-state index is 0.0588. The molecule has 1 heterocycles. The number of esters is 2. The number of hydrogen-bond acceptors (Lipinski definition) is 6. The van der Waals surface area contributed by atoms with E-state index in [1.54, 1.807) is 6.92 Å². The molecule has 1 aliphatic heterocycles. The molecule has 0 bridgehead atoms. The van der Waals surface area contributed by atoms with Gasteiger partial charge < -0.3 is 14.2 Å². The third-order valence-corrected chi connectivity index (χ3v) is 3.40. The molecule has 0 N–H and O–H groups in total. The molecule has 0 amide bonds. The predicted octanol–water partition coefficient (Wildman–Crippen LogP) is 1.72. The van der Waals surface area contributed by atoms with Crippen molar-refractivity contribution in [2.45, 2.75) is 25.3 Å². The minimum Gasteiger partial charge on any atom is -0.474 e. The van der Waals surface area contributed by atoms with Gasteiger partial charge in [0.05, 0.1) is 13.7 Å². The highest BCUT2D eigenvalue weighted by atomic mass is 16.5. The van der Waals surface area contributed by atoms with Crippen molar-refractivity contribution in [3.05, 3.63) is 35.9 Å².